The van der Waals surface area contributed by atoms with E-state index in [0.29, 0.717) is 18.8 Å². The van der Waals surface area contributed by atoms with E-state index < -0.39 is 10.0 Å². The molecule has 1 saturated heterocycles. The lowest BCUT2D eigenvalue weighted by Crippen LogP contribution is -2.31. The fourth-order valence-electron chi connectivity index (χ4n) is 3.43. The number of sulfonamides is 1. The van der Waals surface area contributed by atoms with Crippen molar-refractivity contribution in [1.82, 2.24) is 10.2 Å². The third kappa shape index (κ3) is 5.16. The Labute approximate surface area is 182 Å². The molecular formula is C22H27N3O5S. The summed E-state index contributed by atoms with van der Waals surface area (Å²) in [7, 11) is -2.62. The molecule has 31 heavy (non-hydrogen) atoms. The highest BCUT2D eigenvalue weighted by Gasteiger charge is 2.26. The molecule has 0 spiro atoms. The van der Waals surface area contributed by atoms with Crippen LogP contribution >= 0.6 is 0 Å². The minimum atomic E-state index is -4.06. The number of carbonyl (C=O) groups is 2. The van der Waals surface area contributed by atoms with E-state index in [1.807, 2.05) is 13.8 Å². The molecule has 166 valence electrons. The molecule has 0 aromatic heterocycles. The number of nitrogens with one attached hydrogen (secondary N) is 2. The summed E-state index contributed by atoms with van der Waals surface area (Å²) in [6.07, 6.45) is 1.84. The molecule has 1 heterocycles. The van der Waals surface area contributed by atoms with Crippen LogP contribution in [0.25, 0.3) is 0 Å². The lowest BCUT2D eigenvalue weighted by atomic mass is 10.1. The molecule has 0 unspecified atom stereocenters. The minimum absolute atomic E-state index is 0.0880. The van der Waals surface area contributed by atoms with Crippen LogP contribution < -0.4 is 14.8 Å². The van der Waals surface area contributed by atoms with Crippen molar-refractivity contribution in [2.24, 2.45) is 0 Å². The van der Waals surface area contributed by atoms with Gasteiger partial charge in [-0.15, -0.1) is 0 Å². The van der Waals surface area contributed by atoms with E-state index in [-0.39, 0.29) is 39.6 Å². The lowest BCUT2D eigenvalue weighted by Gasteiger charge is -2.18. The van der Waals surface area contributed by atoms with Gasteiger partial charge in [-0.3, -0.25) is 14.3 Å². The van der Waals surface area contributed by atoms with Gasteiger partial charge in [0.25, 0.3) is 21.8 Å². The molecule has 0 aliphatic carbocycles. The van der Waals surface area contributed by atoms with Crippen molar-refractivity contribution in [3.05, 3.63) is 53.6 Å². The molecular weight excluding hydrogens is 418 g/mol. The number of carbonyl (C=O) groups excluding carboxylic acids is 2. The average molecular weight is 446 g/mol. The smallest absolute Gasteiger partial charge is 0.261 e. The summed E-state index contributed by atoms with van der Waals surface area (Å²) in [6, 6.07) is 10.4. The first-order valence-corrected chi connectivity index (χ1v) is 11.6. The number of likely N-dealkylation sites (tertiary alicyclic amines) is 1. The number of ether oxygens (including phenoxy) is 1. The highest BCUT2D eigenvalue weighted by Crippen LogP contribution is 2.27. The van der Waals surface area contributed by atoms with Crippen molar-refractivity contribution in [3.63, 3.8) is 0 Å². The Kier molecular flexibility index (Phi) is 6.84. The maximum atomic E-state index is 13.1. The van der Waals surface area contributed by atoms with Crippen LogP contribution in [-0.2, 0) is 10.0 Å². The number of methoxy groups -OCH3 is 1. The lowest BCUT2D eigenvalue weighted by molar-refractivity contribution is 0.0788. The number of amides is 2. The van der Waals surface area contributed by atoms with E-state index >= 15 is 0 Å². The van der Waals surface area contributed by atoms with Crippen LogP contribution in [0, 0.1) is 0 Å². The number of nitrogens with zero attached hydrogens (tertiary/aromatic N) is 1. The molecule has 1 fully saturated rings. The Balaban J connectivity index is 1.94. The summed E-state index contributed by atoms with van der Waals surface area (Å²) in [5.74, 6) is -0.330. The van der Waals surface area contributed by atoms with E-state index in [4.69, 9.17) is 4.74 Å². The molecule has 0 radical (unpaired) electrons. The second-order valence-corrected chi connectivity index (χ2v) is 9.32. The van der Waals surface area contributed by atoms with Gasteiger partial charge in [0.2, 0.25) is 0 Å². The maximum absolute atomic E-state index is 13.1. The van der Waals surface area contributed by atoms with E-state index in [1.54, 1.807) is 23.1 Å². The van der Waals surface area contributed by atoms with Crippen LogP contribution in [0.5, 0.6) is 5.75 Å². The van der Waals surface area contributed by atoms with Gasteiger partial charge in [-0.05, 0) is 57.0 Å². The van der Waals surface area contributed by atoms with Crippen molar-refractivity contribution in [1.29, 1.82) is 0 Å². The molecule has 2 aromatic rings. The Hall–Kier alpha value is -3.07. The van der Waals surface area contributed by atoms with Gasteiger partial charge in [0, 0.05) is 19.1 Å². The van der Waals surface area contributed by atoms with Crippen LogP contribution in [0.2, 0.25) is 0 Å². The Morgan fingerprint density at radius 1 is 1.03 bits per heavy atom. The highest BCUT2D eigenvalue weighted by atomic mass is 32.2. The standard InChI is InChI=1S/C22H27N3O5S/c1-15(2)23-21(26)17-8-4-5-9-19(17)24-31(28,29)16-10-11-20(30-3)18(14-16)22(27)25-12-6-7-13-25/h4-5,8-11,14-15,24H,6-7,12-13H2,1-3H3,(H,23,26). The first-order valence-electron chi connectivity index (χ1n) is 10.1. The molecule has 2 amide bonds. The predicted octanol–water partition coefficient (Wildman–Crippen LogP) is 2.87. The summed E-state index contributed by atoms with van der Waals surface area (Å²) < 4.78 is 33.9. The fraction of sp³-hybridized carbons (Fsp3) is 0.364. The third-order valence-electron chi connectivity index (χ3n) is 4.94. The van der Waals surface area contributed by atoms with Gasteiger partial charge in [0.05, 0.1) is 28.8 Å². The largest absolute Gasteiger partial charge is 0.496 e. The number of rotatable bonds is 7. The van der Waals surface area contributed by atoms with Gasteiger partial charge in [0.1, 0.15) is 5.75 Å². The van der Waals surface area contributed by atoms with Crippen molar-refractivity contribution in [3.8, 4) is 5.75 Å². The van der Waals surface area contributed by atoms with Crippen LogP contribution in [0.3, 0.4) is 0 Å². The zero-order valence-electron chi connectivity index (χ0n) is 17.8. The number of hydrogen-bond acceptors (Lipinski definition) is 5. The number of para-hydroxylation sites is 1. The summed E-state index contributed by atoms with van der Waals surface area (Å²) in [6.45, 7) is 4.91. The number of hydrogen-bond donors (Lipinski definition) is 2. The van der Waals surface area contributed by atoms with Gasteiger partial charge >= 0.3 is 0 Å². The van der Waals surface area contributed by atoms with E-state index in [9.17, 15) is 18.0 Å². The topological polar surface area (TPSA) is 105 Å². The summed E-state index contributed by atoms with van der Waals surface area (Å²) in [4.78, 5) is 26.9. The monoisotopic (exact) mass is 445 g/mol. The third-order valence-corrected chi connectivity index (χ3v) is 6.30. The van der Waals surface area contributed by atoms with Gasteiger partial charge in [0.15, 0.2) is 0 Å². The zero-order chi connectivity index (χ0) is 22.6. The second-order valence-electron chi connectivity index (χ2n) is 7.64. The SMILES string of the molecule is COc1ccc(S(=O)(=O)Nc2ccccc2C(=O)NC(C)C)cc1C(=O)N1CCCC1. The van der Waals surface area contributed by atoms with Crippen LogP contribution in [0.15, 0.2) is 47.4 Å². The van der Waals surface area contributed by atoms with Gasteiger partial charge < -0.3 is 15.0 Å². The molecule has 8 nitrogen and oxygen atoms in total. The number of benzene rings is 2. The quantitative estimate of drug-likeness (QED) is 0.682. The second kappa shape index (κ2) is 9.38. The molecule has 0 atom stereocenters. The summed E-state index contributed by atoms with van der Waals surface area (Å²) in [5, 5.41) is 2.75. The van der Waals surface area contributed by atoms with E-state index in [0.717, 1.165) is 12.8 Å². The van der Waals surface area contributed by atoms with Crippen LogP contribution in [-0.4, -0.2) is 51.4 Å². The zero-order valence-corrected chi connectivity index (χ0v) is 18.7. The van der Waals surface area contributed by atoms with Gasteiger partial charge in [-0.25, -0.2) is 8.42 Å². The predicted molar refractivity (Wildman–Crippen MR) is 118 cm³/mol. The Morgan fingerprint density at radius 2 is 1.71 bits per heavy atom. The van der Waals surface area contributed by atoms with Crippen LogP contribution in [0.4, 0.5) is 5.69 Å². The van der Waals surface area contributed by atoms with Crippen molar-refractivity contribution < 1.29 is 22.7 Å². The molecule has 1 aliphatic rings. The molecule has 0 bridgehead atoms. The first kappa shape index (κ1) is 22.6. The minimum Gasteiger partial charge on any atom is -0.496 e. The molecule has 3 rings (SSSR count). The van der Waals surface area contributed by atoms with Crippen LogP contribution in [0.1, 0.15) is 47.4 Å². The van der Waals surface area contributed by atoms with E-state index in [1.165, 1.54) is 31.4 Å². The highest BCUT2D eigenvalue weighted by molar-refractivity contribution is 7.92. The summed E-state index contributed by atoms with van der Waals surface area (Å²) >= 11 is 0. The molecule has 1 aliphatic heterocycles. The first-order chi connectivity index (χ1) is 14.7. The fourth-order valence-corrected chi connectivity index (χ4v) is 4.53. The molecule has 2 N–H and O–H groups in total. The van der Waals surface area contributed by atoms with Gasteiger partial charge in [-0.2, -0.15) is 0 Å². The molecule has 0 saturated carbocycles. The Morgan fingerprint density at radius 3 is 2.35 bits per heavy atom. The van der Waals surface area contributed by atoms with Crippen molar-refractivity contribution in [2.75, 3.05) is 24.9 Å². The maximum Gasteiger partial charge on any atom is 0.261 e. The Bertz CT molecular complexity index is 1080. The average Bonchev–Trinajstić information content (AvgIpc) is 3.27. The van der Waals surface area contributed by atoms with Crippen molar-refractivity contribution in [2.45, 2.75) is 37.6 Å². The molecule has 9 heteroatoms. The van der Waals surface area contributed by atoms with Gasteiger partial charge in [-0.1, -0.05) is 12.1 Å². The van der Waals surface area contributed by atoms with Crippen molar-refractivity contribution >= 4 is 27.5 Å². The van der Waals surface area contributed by atoms with E-state index in [2.05, 4.69) is 10.0 Å². The summed E-state index contributed by atoms with van der Waals surface area (Å²) in [5.41, 5.74) is 0.559. The molecule has 2 aromatic carbocycles. The number of anilines is 1. The normalized spacial score (nSPS) is 13.9.